The van der Waals surface area contributed by atoms with Gasteiger partial charge in [-0.1, -0.05) is 18.2 Å². The lowest BCUT2D eigenvalue weighted by Crippen LogP contribution is -2.14. The fourth-order valence-electron chi connectivity index (χ4n) is 2.17. The number of pyridine rings is 1. The molecule has 1 aromatic carbocycles. The number of aryl methyl sites for hydroxylation is 1. The number of hydrogen-bond donors (Lipinski definition) is 2. The Balaban J connectivity index is 1.80. The van der Waals surface area contributed by atoms with Crippen molar-refractivity contribution in [2.45, 2.75) is 20.0 Å². The number of hydrogen-bond acceptors (Lipinski definition) is 4. The molecule has 19 heavy (non-hydrogen) atoms. The van der Waals surface area contributed by atoms with Gasteiger partial charge in [0.15, 0.2) is 0 Å². The molecule has 0 aliphatic heterocycles. The molecule has 0 saturated carbocycles. The normalized spacial score (nSPS) is 11.0. The molecule has 3 rings (SSSR count). The Morgan fingerprint density at radius 2 is 2.11 bits per heavy atom. The third kappa shape index (κ3) is 2.61. The van der Waals surface area contributed by atoms with Gasteiger partial charge in [0.1, 0.15) is 12.2 Å². The van der Waals surface area contributed by atoms with Gasteiger partial charge in [0.2, 0.25) is 0 Å². The number of nitrogens with zero attached hydrogens (tertiary/aromatic N) is 3. The Morgan fingerprint density at radius 1 is 1.21 bits per heavy atom. The zero-order valence-corrected chi connectivity index (χ0v) is 10.7. The minimum absolute atomic E-state index is 0.676. The highest BCUT2D eigenvalue weighted by Gasteiger charge is 2.03. The molecular weight excluding hydrogens is 238 g/mol. The van der Waals surface area contributed by atoms with Crippen molar-refractivity contribution < 1.29 is 0 Å². The highest BCUT2D eigenvalue weighted by molar-refractivity contribution is 5.82. The maximum Gasteiger partial charge on any atom is 0.138 e. The van der Waals surface area contributed by atoms with Crippen LogP contribution >= 0.6 is 0 Å². The van der Waals surface area contributed by atoms with Gasteiger partial charge in [-0.05, 0) is 24.6 Å². The van der Waals surface area contributed by atoms with E-state index in [1.807, 2.05) is 25.1 Å². The number of benzene rings is 1. The average molecular weight is 253 g/mol. The second-order valence-electron chi connectivity index (χ2n) is 4.48. The second kappa shape index (κ2) is 5.16. The summed E-state index contributed by atoms with van der Waals surface area (Å²) in [5, 5.41) is 11.2. The molecule has 96 valence electrons. The average Bonchev–Trinajstić information content (AvgIpc) is 2.91. The molecule has 0 amide bonds. The quantitative estimate of drug-likeness (QED) is 0.746. The van der Waals surface area contributed by atoms with E-state index in [0.717, 1.165) is 23.6 Å². The molecule has 0 aliphatic rings. The largest absolute Gasteiger partial charge is 0.306 e. The van der Waals surface area contributed by atoms with E-state index in [9.17, 15) is 0 Å². The standard InChI is InChI=1S/C14H15N5/c1-10-6-11(7-15-8-14-16-9-17-19-14)12-4-2-3-5-13(12)18-10/h2-6,9,15H,7-8H2,1H3,(H,16,17,19). The fourth-order valence-corrected chi connectivity index (χ4v) is 2.17. The van der Waals surface area contributed by atoms with Gasteiger partial charge in [0.05, 0.1) is 12.1 Å². The third-order valence-electron chi connectivity index (χ3n) is 3.00. The van der Waals surface area contributed by atoms with Crippen molar-refractivity contribution in [2.24, 2.45) is 0 Å². The molecule has 0 radical (unpaired) electrons. The number of nitrogens with one attached hydrogen (secondary N) is 2. The van der Waals surface area contributed by atoms with E-state index in [1.54, 1.807) is 0 Å². The molecule has 5 heteroatoms. The first-order valence-electron chi connectivity index (χ1n) is 6.23. The molecule has 0 saturated heterocycles. The van der Waals surface area contributed by atoms with Crippen LogP contribution in [0.15, 0.2) is 36.7 Å². The highest BCUT2D eigenvalue weighted by atomic mass is 15.2. The summed E-state index contributed by atoms with van der Waals surface area (Å²) >= 11 is 0. The van der Waals surface area contributed by atoms with Gasteiger partial charge in [-0.2, -0.15) is 5.10 Å². The van der Waals surface area contributed by atoms with Gasteiger partial charge in [0, 0.05) is 17.6 Å². The monoisotopic (exact) mass is 253 g/mol. The van der Waals surface area contributed by atoms with Gasteiger partial charge in [-0.25, -0.2) is 4.98 Å². The second-order valence-corrected chi connectivity index (χ2v) is 4.48. The summed E-state index contributed by atoms with van der Waals surface area (Å²) in [4.78, 5) is 8.62. The molecule has 5 nitrogen and oxygen atoms in total. The third-order valence-corrected chi connectivity index (χ3v) is 3.00. The van der Waals surface area contributed by atoms with Crippen LogP contribution < -0.4 is 5.32 Å². The summed E-state index contributed by atoms with van der Waals surface area (Å²) in [5.74, 6) is 0.843. The van der Waals surface area contributed by atoms with E-state index in [2.05, 4.69) is 37.6 Å². The fraction of sp³-hybridized carbons (Fsp3) is 0.214. The van der Waals surface area contributed by atoms with Crippen molar-refractivity contribution in [3.8, 4) is 0 Å². The Morgan fingerprint density at radius 3 is 2.95 bits per heavy atom. The van der Waals surface area contributed by atoms with Crippen LogP contribution in [-0.2, 0) is 13.1 Å². The minimum Gasteiger partial charge on any atom is -0.306 e. The van der Waals surface area contributed by atoms with Crippen molar-refractivity contribution in [1.82, 2.24) is 25.5 Å². The Kier molecular flexibility index (Phi) is 3.20. The van der Waals surface area contributed by atoms with Crippen molar-refractivity contribution >= 4 is 10.9 Å². The van der Waals surface area contributed by atoms with Crippen LogP contribution in [0.4, 0.5) is 0 Å². The maximum atomic E-state index is 4.54. The number of H-pyrrole nitrogens is 1. The highest BCUT2D eigenvalue weighted by Crippen LogP contribution is 2.17. The molecule has 3 aromatic rings. The number of aromatic amines is 1. The SMILES string of the molecule is Cc1cc(CNCc2ncn[nH]2)c2ccccc2n1. The molecule has 2 heterocycles. The van der Waals surface area contributed by atoms with Crippen LogP contribution in [0.1, 0.15) is 17.1 Å². The topological polar surface area (TPSA) is 66.5 Å². The maximum absolute atomic E-state index is 4.54. The summed E-state index contributed by atoms with van der Waals surface area (Å²) in [7, 11) is 0. The van der Waals surface area contributed by atoms with Crippen molar-refractivity contribution in [1.29, 1.82) is 0 Å². The van der Waals surface area contributed by atoms with Crippen molar-refractivity contribution in [3.05, 3.63) is 53.7 Å². The minimum atomic E-state index is 0.676. The number of rotatable bonds is 4. The Labute approximate surface area is 111 Å². The van der Waals surface area contributed by atoms with E-state index in [1.165, 1.54) is 17.3 Å². The zero-order valence-electron chi connectivity index (χ0n) is 10.7. The number of aromatic nitrogens is 4. The summed E-state index contributed by atoms with van der Waals surface area (Å²) in [6.07, 6.45) is 1.52. The van der Waals surface area contributed by atoms with Gasteiger partial charge < -0.3 is 5.32 Å². The van der Waals surface area contributed by atoms with Crippen molar-refractivity contribution in [2.75, 3.05) is 0 Å². The van der Waals surface area contributed by atoms with Crippen LogP contribution in [0.5, 0.6) is 0 Å². The van der Waals surface area contributed by atoms with E-state index >= 15 is 0 Å². The lowest BCUT2D eigenvalue weighted by Gasteiger charge is -2.08. The van der Waals surface area contributed by atoms with Crippen LogP contribution in [0.3, 0.4) is 0 Å². The molecule has 0 spiro atoms. The summed E-state index contributed by atoms with van der Waals surface area (Å²) in [6, 6.07) is 10.3. The van der Waals surface area contributed by atoms with Crippen LogP contribution in [-0.4, -0.2) is 20.2 Å². The van der Waals surface area contributed by atoms with Crippen molar-refractivity contribution in [3.63, 3.8) is 0 Å². The smallest absolute Gasteiger partial charge is 0.138 e. The predicted octanol–water partition coefficient (Wildman–Crippen LogP) is 1.95. The molecule has 0 atom stereocenters. The molecule has 0 fully saturated rings. The first-order chi connectivity index (χ1) is 9.33. The van der Waals surface area contributed by atoms with E-state index in [0.29, 0.717) is 6.54 Å². The molecule has 0 bridgehead atoms. The van der Waals surface area contributed by atoms with Gasteiger partial charge in [-0.15, -0.1) is 0 Å². The zero-order chi connectivity index (χ0) is 13.1. The molecular formula is C14H15N5. The summed E-state index contributed by atoms with van der Waals surface area (Å²) < 4.78 is 0. The summed E-state index contributed by atoms with van der Waals surface area (Å²) in [6.45, 7) is 3.48. The van der Waals surface area contributed by atoms with Gasteiger partial charge in [-0.3, -0.25) is 10.1 Å². The van der Waals surface area contributed by atoms with E-state index in [-0.39, 0.29) is 0 Å². The van der Waals surface area contributed by atoms with Crippen LogP contribution in [0.2, 0.25) is 0 Å². The van der Waals surface area contributed by atoms with E-state index in [4.69, 9.17) is 0 Å². The Bertz CT molecular complexity index is 675. The molecule has 0 aliphatic carbocycles. The van der Waals surface area contributed by atoms with Gasteiger partial charge >= 0.3 is 0 Å². The number of para-hydroxylation sites is 1. The summed E-state index contributed by atoms with van der Waals surface area (Å²) in [5.41, 5.74) is 3.33. The molecule has 2 N–H and O–H groups in total. The first-order valence-corrected chi connectivity index (χ1v) is 6.23. The van der Waals surface area contributed by atoms with Crippen LogP contribution in [0, 0.1) is 6.92 Å². The predicted molar refractivity (Wildman–Crippen MR) is 73.4 cm³/mol. The lowest BCUT2D eigenvalue weighted by molar-refractivity contribution is 0.667. The first kappa shape index (κ1) is 11.8. The Hall–Kier alpha value is -2.27. The number of fused-ring (bicyclic) bond motifs is 1. The lowest BCUT2D eigenvalue weighted by atomic mass is 10.1. The molecule has 0 unspecified atom stereocenters. The van der Waals surface area contributed by atoms with E-state index < -0.39 is 0 Å². The van der Waals surface area contributed by atoms with Gasteiger partial charge in [0.25, 0.3) is 0 Å². The van der Waals surface area contributed by atoms with Crippen LogP contribution in [0.25, 0.3) is 10.9 Å². The molecule has 2 aromatic heterocycles.